The molecule has 3 aromatic carbocycles. The molecule has 1 aliphatic heterocycles. The average molecular weight is 404 g/mol. The van der Waals surface area contributed by atoms with Crippen LogP contribution in [-0.2, 0) is 0 Å². The summed E-state index contributed by atoms with van der Waals surface area (Å²) in [6.07, 6.45) is 1.66. The van der Waals surface area contributed by atoms with Gasteiger partial charge in [0, 0.05) is 24.8 Å². The van der Waals surface area contributed by atoms with Gasteiger partial charge >= 0.3 is 0 Å². The summed E-state index contributed by atoms with van der Waals surface area (Å²) in [7, 11) is 0. The van der Waals surface area contributed by atoms with Crippen LogP contribution in [0.2, 0.25) is 0 Å². The Labute approximate surface area is 176 Å². The predicted octanol–water partition coefficient (Wildman–Crippen LogP) is 4.39. The van der Waals surface area contributed by atoms with Crippen LogP contribution < -0.4 is 11.1 Å². The molecule has 1 fully saturated rings. The third-order valence-corrected chi connectivity index (χ3v) is 5.72. The molecule has 4 nitrogen and oxygen atoms in total. The van der Waals surface area contributed by atoms with Crippen molar-refractivity contribution in [3.63, 3.8) is 0 Å². The Hall–Kier alpha value is -3.18. The van der Waals surface area contributed by atoms with Gasteiger partial charge in [0.25, 0.3) is 5.91 Å². The molecule has 0 bridgehead atoms. The standard InChI is InChI=1S/C25H26FN3O/c26-20-11-12-23(27)22(17-20)25(30)28-21-13-15-29(16-14-21)24(18-7-3-1-4-8-18)19-9-5-2-6-10-19/h1-12,17,21,24H,13-16,27H2,(H,28,30). The molecule has 1 aliphatic rings. The summed E-state index contributed by atoms with van der Waals surface area (Å²) in [6, 6.07) is 25.1. The third-order valence-electron chi connectivity index (χ3n) is 5.72. The zero-order valence-corrected chi connectivity index (χ0v) is 16.8. The van der Waals surface area contributed by atoms with Crippen molar-refractivity contribution >= 4 is 11.6 Å². The van der Waals surface area contributed by atoms with Gasteiger partial charge in [0.05, 0.1) is 11.6 Å². The lowest BCUT2D eigenvalue weighted by Crippen LogP contribution is -2.46. The number of nitrogens with one attached hydrogen (secondary N) is 1. The first-order valence-corrected chi connectivity index (χ1v) is 10.3. The van der Waals surface area contributed by atoms with Crippen LogP contribution in [0.5, 0.6) is 0 Å². The second-order valence-corrected chi connectivity index (χ2v) is 7.74. The van der Waals surface area contributed by atoms with Gasteiger partial charge in [0.1, 0.15) is 5.82 Å². The fraction of sp³-hybridized carbons (Fsp3) is 0.240. The van der Waals surface area contributed by atoms with E-state index in [1.807, 2.05) is 12.1 Å². The number of hydrogen-bond acceptors (Lipinski definition) is 3. The first-order valence-electron chi connectivity index (χ1n) is 10.3. The van der Waals surface area contributed by atoms with Crippen LogP contribution in [0.3, 0.4) is 0 Å². The minimum absolute atomic E-state index is 0.0450. The van der Waals surface area contributed by atoms with E-state index in [0.717, 1.165) is 25.9 Å². The Morgan fingerprint density at radius 3 is 2.07 bits per heavy atom. The summed E-state index contributed by atoms with van der Waals surface area (Å²) in [6.45, 7) is 1.72. The molecule has 154 valence electrons. The molecule has 0 spiro atoms. The van der Waals surface area contributed by atoms with E-state index >= 15 is 0 Å². The molecule has 3 aromatic rings. The van der Waals surface area contributed by atoms with Crippen molar-refractivity contribution in [2.45, 2.75) is 24.9 Å². The van der Waals surface area contributed by atoms with Crippen molar-refractivity contribution in [1.29, 1.82) is 0 Å². The number of likely N-dealkylation sites (tertiary alicyclic amines) is 1. The Bertz CT molecular complexity index is 946. The molecule has 0 saturated carbocycles. The summed E-state index contributed by atoms with van der Waals surface area (Å²) in [5, 5.41) is 3.03. The number of halogens is 1. The van der Waals surface area contributed by atoms with Crippen LogP contribution in [-0.4, -0.2) is 29.9 Å². The van der Waals surface area contributed by atoms with E-state index in [-0.39, 0.29) is 23.6 Å². The van der Waals surface area contributed by atoms with Crippen molar-refractivity contribution in [1.82, 2.24) is 10.2 Å². The van der Waals surface area contributed by atoms with E-state index in [1.54, 1.807) is 0 Å². The largest absolute Gasteiger partial charge is 0.398 e. The molecule has 0 unspecified atom stereocenters. The molecule has 1 amide bonds. The number of benzene rings is 3. The lowest BCUT2D eigenvalue weighted by atomic mass is 9.94. The maximum Gasteiger partial charge on any atom is 0.253 e. The van der Waals surface area contributed by atoms with Gasteiger partial charge < -0.3 is 11.1 Å². The zero-order chi connectivity index (χ0) is 20.9. The van der Waals surface area contributed by atoms with E-state index in [4.69, 9.17) is 5.73 Å². The first-order chi connectivity index (χ1) is 14.6. The van der Waals surface area contributed by atoms with E-state index in [0.29, 0.717) is 5.69 Å². The minimum Gasteiger partial charge on any atom is -0.398 e. The van der Waals surface area contributed by atoms with Crippen LogP contribution >= 0.6 is 0 Å². The Kier molecular flexibility index (Phi) is 6.10. The minimum atomic E-state index is -0.460. The number of carbonyl (C=O) groups is 1. The van der Waals surface area contributed by atoms with Crippen molar-refractivity contribution in [2.24, 2.45) is 0 Å². The Balaban J connectivity index is 1.45. The molecule has 0 aromatic heterocycles. The lowest BCUT2D eigenvalue weighted by Gasteiger charge is -2.38. The van der Waals surface area contributed by atoms with Crippen LogP contribution in [0.15, 0.2) is 78.9 Å². The monoisotopic (exact) mass is 403 g/mol. The van der Waals surface area contributed by atoms with Crippen molar-refractivity contribution in [3.05, 3.63) is 101 Å². The summed E-state index contributed by atoms with van der Waals surface area (Å²) in [5.74, 6) is -0.772. The van der Waals surface area contributed by atoms with Gasteiger partial charge in [-0.05, 0) is 42.2 Å². The highest BCUT2D eigenvalue weighted by molar-refractivity contribution is 5.99. The average Bonchev–Trinajstić information content (AvgIpc) is 2.78. The van der Waals surface area contributed by atoms with Crippen LogP contribution in [0.4, 0.5) is 10.1 Å². The molecule has 1 saturated heterocycles. The highest BCUT2D eigenvalue weighted by atomic mass is 19.1. The summed E-state index contributed by atoms with van der Waals surface area (Å²) < 4.78 is 13.5. The number of nitrogens with two attached hydrogens (primary N) is 1. The number of nitrogen functional groups attached to an aromatic ring is 1. The smallest absolute Gasteiger partial charge is 0.253 e. The van der Waals surface area contributed by atoms with Gasteiger partial charge in [-0.1, -0.05) is 60.7 Å². The number of carbonyl (C=O) groups excluding carboxylic acids is 1. The van der Waals surface area contributed by atoms with Gasteiger partial charge in [-0.15, -0.1) is 0 Å². The summed E-state index contributed by atoms with van der Waals surface area (Å²) in [4.78, 5) is 15.0. The maximum absolute atomic E-state index is 13.5. The van der Waals surface area contributed by atoms with Gasteiger partial charge in [0.2, 0.25) is 0 Å². The third kappa shape index (κ3) is 4.52. The molecule has 4 rings (SSSR count). The number of piperidine rings is 1. The van der Waals surface area contributed by atoms with Crippen molar-refractivity contribution in [3.8, 4) is 0 Å². The van der Waals surface area contributed by atoms with E-state index < -0.39 is 5.82 Å². The molecule has 1 heterocycles. The maximum atomic E-state index is 13.5. The number of anilines is 1. The molecule has 0 atom stereocenters. The highest BCUT2D eigenvalue weighted by Gasteiger charge is 2.28. The Morgan fingerprint density at radius 1 is 0.933 bits per heavy atom. The number of hydrogen-bond donors (Lipinski definition) is 2. The summed E-state index contributed by atoms with van der Waals surface area (Å²) in [5.41, 5.74) is 8.87. The van der Waals surface area contributed by atoms with Gasteiger partial charge in [-0.3, -0.25) is 9.69 Å². The molecule has 30 heavy (non-hydrogen) atoms. The van der Waals surface area contributed by atoms with Gasteiger partial charge in [0.15, 0.2) is 0 Å². The normalized spacial score (nSPS) is 15.3. The quantitative estimate of drug-likeness (QED) is 0.621. The van der Waals surface area contributed by atoms with E-state index in [2.05, 4.69) is 58.7 Å². The summed E-state index contributed by atoms with van der Waals surface area (Å²) >= 11 is 0. The van der Waals surface area contributed by atoms with Crippen LogP contribution in [0.25, 0.3) is 0 Å². The topological polar surface area (TPSA) is 58.4 Å². The number of nitrogens with zero attached hydrogens (tertiary/aromatic N) is 1. The predicted molar refractivity (Wildman–Crippen MR) is 118 cm³/mol. The molecule has 0 radical (unpaired) electrons. The van der Waals surface area contributed by atoms with Gasteiger partial charge in [-0.25, -0.2) is 4.39 Å². The van der Waals surface area contributed by atoms with E-state index in [1.165, 1.54) is 29.3 Å². The Morgan fingerprint density at radius 2 is 1.50 bits per heavy atom. The second kappa shape index (κ2) is 9.09. The fourth-order valence-corrected chi connectivity index (χ4v) is 4.18. The van der Waals surface area contributed by atoms with Crippen LogP contribution in [0, 0.1) is 5.82 Å². The molecule has 0 aliphatic carbocycles. The number of amides is 1. The molecular weight excluding hydrogens is 377 g/mol. The van der Waals surface area contributed by atoms with Crippen molar-refractivity contribution < 1.29 is 9.18 Å². The van der Waals surface area contributed by atoms with Gasteiger partial charge in [-0.2, -0.15) is 0 Å². The molecule has 5 heteroatoms. The van der Waals surface area contributed by atoms with E-state index in [9.17, 15) is 9.18 Å². The number of rotatable bonds is 5. The van der Waals surface area contributed by atoms with Crippen LogP contribution in [0.1, 0.15) is 40.4 Å². The fourth-order valence-electron chi connectivity index (χ4n) is 4.18. The first kappa shape index (κ1) is 20.1. The second-order valence-electron chi connectivity index (χ2n) is 7.74. The van der Waals surface area contributed by atoms with Crippen molar-refractivity contribution in [2.75, 3.05) is 18.8 Å². The molecular formula is C25H26FN3O. The zero-order valence-electron chi connectivity index (χ0n) is 16.8. The SMILES string of the molecule is Nc1ccc(F)cc1C(=O)NC1CCN(C(c2ccccc2)c2ccccc2)CC1. The highest BCUT2D eigenvalue weighted by Crippen LogP contribution is 2.31. The molecule has 3 N–H and O–H groups in total. The lowest BCUT2D eigenvalue weighted by molar-refractivity contribution is 0.0901.